The molecule has 0 atom stereocenters. The number of pyridine rings is 1. The molecule has 2 rings (SSSR count). The molecule has 0 aliphatic rings. The Morgan fingerprint density at radius 3 is 2.36 bits per heavy atom. The van der Waals surface area contributed by atoms with Crippen LogP contribution < -0.4 is 4.74 Å². The summed E-state index contributed by atoms with van der Waals surface area (Å²) in [6.07, 6.45) is -9.95. The predicted octanol–water partition coefficient (Wildman–Crippen LogP) is 4.29. The van der Waals surface area contributed by atoms with Gasteiger partial charge in [-0.3, -0.25) is 9.78 Å². The Kier molecular flexibility index (Phi) is 4.91. The van der Waals surface area contributed by atoms with Crippen molar-refractivity contribution in [1.29, 1.82) is 0 Å². The fourth-order valence-electron chi connectivity index (χ4n) is 2.04. The van der Waals surface area contributed by atoms with Crippen LogP contribution in [0.4, 0.5) is 26.3 Å². The smallest absolute Gasteiger partial charge is 0.481 e. The second-order valence-corrected chi connectivity index (χ2v) is 4.86. The summed E-state index contributed by atoms with van der Waals surface area (Å²) in [5.74, 6) is -2.00. The van der Waals surface area contributed by atoms with Gasteiger partial charge in [0.15, 0.2) is 0 Å². The molecule has 0 bridgehead atoms. The van der Waals surface area contributed by atoms with Gasteiger partial charge in [-0.05, 0) is 23.8 Å². The van der Waals surface area contributed by atoms with E-state index in [1.807, 2.05) is 0 Å². The minimum atomic E-state index is -4.98. The van der Waals surface area contributed by atoms with Gasteiger partial charge in [0.1, 0.15) is 5.75 Å². The number of benzene rings is 1. The zero-order valence-electron chi connectivity index (χ0n) is 12.1. The van der Waals surface area contributed by atoms with Crippen molar-refractivity contribution in [2.24, 2.45) is 0 Å². The summed E-state index contributed by atoms with van der Waals surface area (Å²) in [6, 6.07) is 4.83. The van der Waals surface area contributed by atoms with Crippen LogP contribution in [0.1, 0.15) is 11.3 Å². The average Bonchev–Trinajstić information content (AvgIpc) is 2.44. The first-order valence-electron chi connectivity index (χ1n) is 6.60. The molecule has 10 heteroatoms. The zero-order valence-corrected chi connectivity index (χ0v) is 12.1. The molecule has 0 saturated heterocycles. The van der Waals surface area contributed by atoms with E-state index < -0.39 is 36.2 Å². The summed E-state index contributed by atoms with van der Waals surface area (Å²) in [4.78, 5) is 14.4. The Morgan fingerprint density at radius 2 is 1.80 bits per heavy atom. The van der Waals surface area contributed by atoms with Crippen LogP contribution in [0.3, 0.4) is 0 Å². The molecular weight excluding hydrogens is 356 g/mol. The average molecular weight is 365 g/mol. The Morgan fingerprint density at radius 1 is 1.12 bits per heavy atom. The van der Waals surface area contributed by atoms with E-state index in [1.165, 1.54) is 6.07 Å². The molecule has 4 nitrogen and oxygen atoms in total. The van der Waals surface area contributed by atoms with E-state index in [0.717, 1.165) is 18.2 Å². The SMILES string of the molecule is O=C(O)Cc1ncc(C(F)(F)F)cc1-c1cccc(OC(F)(F)F)c1. The maximum atomic E-state index is 12.8. The molecule has 0 aliphatic heterocycles. The Bertz CT molecular complexity index is 786. The third-order valence-corrected chi connectivity index (χ3v) is 2.99. The fraction of sp³-hybridized carbons (Fsp3) is 0.200. The van der Waals surface area contributed by atoms with E-state index in [4.69, 9.17) is 5.11 Å². The van der Waals surface area contributed by atoms with Gasteiger partial charge in [-0.1, -0.05) is 12.1 Å². The summed E-state index contributed by atoms with van der Waals surface area (Å²) in [5.41, 5.74) is -1.70. The van der Waals surface area contributed by atoms with Gasteiger partial charge in [0.2, 0.25) is 0 Å². The van der Waals surface area contributed by atoms with Crippen molar-refractivity contribution in [1.82, 2.24) is 4.98 Å². The molecule has 1 N–H and O–H groups in total. The molecule has 0 radical (unpaired) electrons. The fourth-order valence-corrected chi connectivity index (χ4v) is 2.04. The van der Waals surface area contributed by atoms with Gasteiger partial charge in [0.25, 0.3) is 0 Å². The van der Waals surface area contributed by atoms with Gasteiger partial charge in [0, 0.05) is 11.8 Å². The van der Waals surface area contributed by atoms with Crippen molar-refractivity contribution in [2.45, 2.75) is 19.0 Å². The highest BCUT2D eigenvalue weighted by molar-refractivity contribution is 5.76. The molecule has 0 aliphatic carbocycles. The zero-order chi connectivity index (χ0) is 18.8. The summed E-state index contributed by atoms with van der Waals surface area (Å²) in [5, 5.41) is 8.84. The molecule has 1 aromatic heterocycles. The third kappa shape index (κ3) is 5.10. The third-order valence-electron chi connectivity index (χ3n) is 2.99. The summed E-state index contributed by atoms with van der Waals surface area (Å²) in [6.45, 7) is 0. The summed E-state index contributed by atoms with van der Waals surface area (Å²) >= 11 is 0. The van der Waals surface area contributed by atoms with Crippen molar-refractivity contribution >= 4 is 5.97 Å². The first-order valence-corrected chi connectivity index (χ1v) is 6.60. The lowest BCUT2D eigenvalue weighted by Crippen LogP contribution is -2.17. The van der Waals surface area contributed by atoms with Crippen molar-refractivity contribution in [3.63, 3.8) is 0 Å². The van der Waals surface area contributed by atoms with Crippen molar-refractivity contribution in [3.8, 4) is 16.9 Å². The lowest BCUT2D eigenvalue weighted by atomic mass is 10.00. The number of hydrogen-bond acceptors (Lipinski definition) is 3. The number of aromatic nitrogens is 1. The topological polar surface area (TPSA) is 59.4 Å². The normalized spacial score (nSPS) is 12.1. The van der Waals surface area contributed by atoms with E-state index in [2.05, 4.69) is 9.72 Å². The number of carboxylic acids is 1. The minimum Gasteiger partial charge on any atom is -0.481 e. The number of carbonyl (C=O) groups is 1. The molecule has 0 amide bonds. The van der Waals surface area contributed by atoms with Crippen LogP contribution in [0.2, 0.25) is 0 Å². The summed E-state index contributed by atoms with van der Waals surface area (Å²) in [7, 11) is 0. The van der Waals surface area contributed by atoms with E-state index in [0.29, 0.717) is 12.3 Å². The first-order chi connectivity index (χ1) is 11.5. The van der Waals surface area contributed by atoms with Crippen LogP contribution in [0.5, 0.6) is 5.75 Å². The maximum absolute atomic E-state index is 12.8. The van der Waals surface area contributed by atoms with Gasteiger partial charge in [-0.2, -0.15) is 13.2 Å². The van der Waals surface area contributed by atoms with Gasteiger partial charge in [0.05, 0.1) is 17.7 Å². The summed E-state index contributed by atoms with van der Waals surface area (Å²) < 4.78 is 79.1. The number of rotatable bonds is 4. The van der Waals surface area contributed by atoms with Crippen LogP contribution in [0.15, 0.2) is 36.5 Å². The van der Waals surface area contributed by atoms with Gasteiger partial charge >= 0.3 is 18.5 Å². The van der Waals surface area contributed by atoms with Crippen LogP contribution in [0, 0.1) is 0 Å². The number of nitrogens with zero attached hydrogens (tertiary/aromatic N) is 1. The highest BCUT2D eigenvalue weighted by Gasteiger charge is 2.33. The first kappa shape index (κ1) is 18.6. The van der Waals surface area contributed by atoms with Crippen LogP contribution >= 0.6 is 0 Å². The molecule has 2 aromatic rings. The lowest BCUT2D eigenvalue weighted by molar-refractivity contribution is -0.274. The number of ether oxygens (including phenoxy) is 1. The standard InChI is InChI=1S/C15H9F6NO3/c16-14(17,18)9-5-11(12(22-7-9)6-13(23)24)8-2-1-3-10(4-8)25-15(19,20)21/h1-5,7H,6H2,(H,23,24). The number of alkyl halides is 6. The minimum absolute atomic E-state index is 0.0865. The Balaban J connectivity index is 2.55. The van der Waals surface area contributed by atoms with Crippen LogP contribution in [-0.2, 0) is 17.4 Å². The molecule has 0 fully saturated rings. The lowest BCUT2D eigenvalue weighted by Gasteiger charge is -2.14. The van der Waals surface area contributed by atoms with Crippen molar-refractivity contribution in [2.75, 3.05) is 0 Å². The molecule has 25 heavy (non-hydrogen) atoms. The quantitative estimate of drug-likeness (QED) is 0.821. The Hall–Kier alpha value is -2.78. The molecule has 0 saturated carbocycles. The number of hydrogen-bond donors (Lipinski definition) is 1. The molecule has 1 heterocycles. The van der Waals surface area contributed by atoms with E-state index >= 15 is 0 Å². The molecule has 134 valence electrons. The second kappa shape index (κ2) is 6.61. The number of halogens is 6. The van der Waals surface area contributed by atoms with E-state index in [1.54, 1.807) is 0 Å². The van der Waals surface area contributed by atoms with Crippen LogP contribution in [0.25, 0.3) is 11.1 Å². The van der Waals surface area contributed by atoms with Gasteiger partial charge in [-0.15, -0.1) is 13.2 Å². The molecule has 1 aromatic carbocycles. The van der Waals surface area contributed by atoms with Crippen LogP contribution in [-0.4, -0.2) is 22.4 Å². The monoisotopic (exact) mass is 365 g/mol. The molecular formula is C15H9F6NO3. The maximum Gasteiger partial charge on any atom is 0.573 e. The molecule has 0 unspecified atom stereocenters. The Labute approximate surface area is 136 Å². The predicted molar refractivity (Wildman–Crippen MR) is 72.7 cm³/mol. The van der Waals surface area contributed by atoms with Crippen molar-refractivity contribution in [3.05, 3.63) is 47.8 Å². The number of aliphatic carboxylic acids is 1. The highest BCUT2D eigenvalue weighted by atomic mass is 19.4. The second-order valence-electron chi connectivity index (χ2n) is 4.86. The van der Waals surface area contributed by atoms with E-state index in [9.17, 15) is 31.1 Å². The largest absolute Gasteiger partial charge is 0.573 e. The van der Waals surface area contributed by atoms with Crippen molar-refractivity contribution < 1.29 is 41.0 Å². The van der Waals surface area contributed by atoms with E-state index in [-0.39, 0.29) is 16.8 Å². The van der Waals surface area contributed by atoms with Gasteiger partial charge in [-0.25, -0.2) is 0 Å². The molecule has 0 spiro atoms. The number of carboxylic acid groups (broad SMARTS) is 1. The highest BCUT2D eigenvalue weighted by Crippen LogP contribution is 2.34. The van der Waals surface area contributed by atoms with Gasteiger partial charge < -0.3 is 9.84 Å².